The van der Waals surface area contributed by atoms with E-state index in [1.54, 1.807) is 0 Å². The Morgan fingerprint density at radius 1 is 1.00 bits per heavy atom. The normalized spacial score (nSPS) is 23.5. The Morgan fingerprint density at radius 2 is 1.40 bits per heavy atom. The van der Waals surface area contributed by atoms with Crippen LogP contribution in [0.15, 0.2) is 0 Å². The minimum Gasteiger partial charge on any atom is -0.302 e. The maximum Gasteiger partial charge on any atom is 0.472 e. The van der Waals surface area contributed by atoms with E-state index >= 15 is 0 Å². The molecule has 4 nitrogen and oxygen atoms in total. The van der Waals surface area contributed by atoms with E-state index in [1.165, 1.54) is 12.8 Å². The zero-order valence-corrected chi connectivity index (χ0v) is 9.83. The van der Waals surface area contributed by atoms with E-state index in [0.717, 1.165) is 25.7 Å². The molecule has 0 aliphatic heterocycles. The van der Waals surface area contributed by atoms with Crippen molar-refractivity contribution in [1.29, 1.82) is 0 Å². The lowest BCUT2D eigenvalue weighted by molar-refractivity contribution is 0.0860. The Morgan fingerprint density at radius 3 is 1.67 bits per heavy atom. The summed E-state index contributed by atoms with van der Waals surface area (Å²) < 4.78 is 21.3. The molecule has 0 amide bonds. The summed E-state index contributed by atoms with van der Waals surface area (Å²) in [6.07, 6.45) is 6.88. The van der Waals surface area contributed by atoms with Gasteiger partial charge in [0.2, 0.25) is 0 Å². The van der Waals surface area contributed by atoms with Crippen LogP contribution in [-0.4, -0.2) is 18.1 Å². The van der Waals surface area contributed by atoms with Crippen LogP contribution in [0.5, 0.6) is 0 Å². The quantitative estimate of drug-likeness (QED) is 0.718. The van der Waals surface area contributed by atoms with Crippen molar-refractivity contribution in [1.82, 2.24) is 0 Å². The highest BCUT2D eigenvalue weighted by Gasteiger charge is 2.28. The second kappa shape index (κ2) is 4.96. The van der Waals surface area contributed by atoms with Crippen LogP contribution in [0.25, 0.3) is 0 Å². The molecule has 0 spiro atoms. The van der Waals surface area contributed by atoms with Gasteiger partial charge in [-0.15, -0.1) is 0 Å². The lowest BCUT2D eigenvalue weighted by Gasteiger charge is -2.28. The number of phosphoric ester groups is 1. The van der Waals surface area contributed by atoms with Crippen LogP contribution in [0.3, 0.4) is 0 Å². The van der Waals surface area contributed by atoms with E-state index in [2.05, 4.69) is 0 Å². The van der Waals surface area contributed by atoms with Crippen molar-refractivity contribution in [2.45, 2.75) is 38.5 Å². The molecule has 88 valence electrons. The van der Waals surface area contributed by atoms with Crippen molar-refractivity contribution in [3.05, 3.63) is 0 Å². The van der Waals surface area contributed by atoms with Gasteiger partial charge in [-0.05, 0) is 37.5 Å². The summed E-state index contributed by atoms with van der Waals surface area (Å²) in [5, 5.41) is 0. The monoisotopic (exact) mass is 234 g/mol. The molecule has 0 atom stereocenters. The van der Waals surface area contributed by atoms with E-state index < -0.39 is 7.82 Å². The Kier molecular flexibility index (Phi) is 3.83. The molecular weight excluding hydrogens is 215 g/mol. The molecule has 2 aliphatic carbocycles. The Hall–Kier alpha value is 0.110. The molecule has 15 heavy (non-hydrogen) atoms. The van der Waals surface area contributed by atoms with Crippen LogP contribution < -0.4 is 0 Å². The van der Waals surface area contributed by atoms with Crippen molar-refractivity contribution in [3.8, 4) is 0 Å². The van der Waals surface area contributed by atoms with Gasteiger partial charge < -0.3 is 4.89 Å². The van der Waals surface area contributed by atoms with E-state index in [4.69, 9.17) is 9.05 Å². The largest absolute Gasteiger partial charge is 0.472 e. The molecule has 0 bridgehead atoms. The van der Waals surface area contributed by atoms with Crippen LogP contribution >= 0.6 is 7.82 Å². The van der Waals surface area contributed by atoms with Crippen LogP contribution in [-0.2, 0) is 13.6 Å². The standard InChI is InChI=1S/C10H19O4P/c11-15(12,13-7-9-3-1-4-9)14-8-10-5-2-6-10/h9-10H,1-8H2,(H,11,12). The second-order valence-corrected chi connectivity index (χ2v) is 6.11. The van der Waals surface area contributed by atoms with E-state index in [1.807, 2.05) is 0 Å². The molecule has 2 saturated carbocycles. The summed E-state index contributed by atoms with van der Waals surface area (Å²) in [5.41, 5.74) is 0. The maximum absolute atomic E-state index is 11.4. The third-order valence-corrected chi connectivity index (χ3v) is 4.35. The predicted octanol–water partition coefficient (Wildman–Crippen LogP) is 2.72. The van der Waals surface area contributed by atoms with E-state index in [0.29, 0.717) is 25.0 Å². The summed E-state index contributed by atoms with van der Waals surface area (Å²) >= 11 is 0. The highest BCUT2D eigenvalue weighted by Crippen LogP contribution is 2.46. The van der Waals surface area contributed by atoms with Crippen molar-refractivity contribution in [2.75, 3.05) is 13.2 Å². The van der Waals surface area contributed by atoms with E-state index in [-0.39, 0.29) is 0 Å². The van der Waals surface area contributed by atoms with Gasteiger partial charge in [0.05, 0.1) is 13.2 Å². The summed E-state index contributed by atoms with van der Waals surface area (Å²) in [6.45, 7) is 0.747. The molecule has 0 unspecified atom stereocenters. The molecule has 2 fully saturated rings. The number of phosphoric acid groups is 1. The minimum absolute atomic E-state index is 0.373. The highest BCUT2D eigenvalue weighted by molar-refractivity contribution is 7.47. The average molecular weight is 234 g/mol. The maximum atomic E-state index is 11.4. The molecule has 5 heteroatoms. The third kappa shape index (κ3) is 3.56. The van der Waals surface area contributed by atoms with Crippen molar-refractivity contribution >= 4 is 7.82 Å². The molecule has 2 aliphatic rings. The van der Waals surface area contributed by atoms with E-state index in [9.17, 15) is 9.46 Å². The van der Waals surface area contributed by atoms with Crippen molar-refractivity contribution in [3.63, 3.8) is 0 Å². The molecule has 2 rings (SSSR count). The SMILES string of the molecule is O=P(O)(OCC1CCC1)OCC1CCC1. The zero-order valence-electron chi connectivity index (χ0n) is 8.93. The molecule has 0 aromatic rings. The van der Waals surface area contributed by atoms with Gasteiger partial charge in [-0.2, -0.15) is 0 Å². The molecule has 0 heterocycles. The highest BCUT2D eigenvalue weighted by atomic mass is 31.2. The summed E-state index contributed by atoms with van der Waals surface area (Å²) in [7, 11) is -3.76. The molecule has 1 N–H and O–H groups in total. The van der Waals surface area contributed by atoms with Gasteiger partial charge in [0.15, 0.2) is 0 Å². The van der Waals surface area contributed by atoms with Gasteiger partial charge in [0, 0.05) is 0 Å². The number of hydrogen-bond donors (Lipinski definition) is 1. The summed E-state index contributed by atoms with van der Waals surface area (Å²) in [5.74, 6) is 0.940. The first-order valence-electron chi connectivity index (χ1n) is 5.77. The van der Waals surface area contributed by atoms with Gasteiger partial charge in [0.25, 0.3) is 0 Å². The molecule has 0 radical (unpaired) electrons. The van der Waals surface area contributed by atoms with Gasteiger partial charge in [-0.25, -0.2) is 4.57 Å². The van der Waals surface area contributed by atoms with Crippen molar-refractivity contribution < 1.29 is 18.5 Å². The van der Waals surface area contributed by atoms with Gasteiger partial charge in [-0.3, -0.25) is 9.05 Å². The van der Waals surface area contributed by atoms with Gasteiger partial charge in [-0.1, -0.05) is 12.8 Å². The first kappa shape index (κ1) is 11.6. The minimum atomic E-state index is -3.76. The summed E-state index contributed by atoms with van der Waals surface area (Å²) in [6, 6.07) is 0. The predicted molar refractivity (Wildman–Crippen MR) is 56.4 cm³/mol. The first-order chi connectivity index (χ1) is 7.16. The molecule has 0 saturated heterocycles. The van der Waals surface area contributed by atoms with Gasteiger partial charge >= 0.3 is 7.82 Å². The number of hydrogen-bond acceptors (Lipinski definition) is 3. The Labute approximate surface area is 90.6 Å². The zero-order chi connectivity index (χ0) is 10.7. The fourth-order valence-corrected chi connectivity index (χ4v) is 2.63. The lowest BCUT2D eigenvalue weighted by atomic mass is 9.86. The molecular formula is C10H19O4P. The Bertz CT molecular complexity index is 226. The van der Waals surface area contributed by atoms with Crippen LogP contribution in [0.4, 0.5) is 0 Å². The fourth-order valence-electron chi connectivity index (χ4n) is 1.76. The lowest BCUT2D eigenvalue weighted by Crippen LogP contribution is -2.19. The first-order valence-corrected chi connectivity index (χ1v) is 7.27. The van der Waals surface area contributed by atoms with Crippen LogP contribution in [0.2, 0.25) is 0 Å². The molecule has 0 aromatic heterocycles. The molecule has 0 aromatic carbocycles. The summed E-state index contributed by atoms with van der Waals surface area (Å²) in [4.78, 5) is 9.36. The fraction of sp³-hybridized carbons (Fsp3) is 1.00. The smallest absolute Gasteiger partial charge is 0.302 e. The second-order valence-electron chi connectivity index (χ2n) is 4.65. The van der Waals surface area contributed by atoms with Crippen LogP contribution in [0.1, 0.15) is 38.5 Å². The average Bonchev–Trinajstić information content (AvgIpc) is 1.97. The number of rotatable bonds is 6. The van der Waals surface area contributed by atoms with Crippen LogP contribution in [0, 0.1) is 11.8 Å². The topological polar surface area (TPSA) is 55.8 Å². The Balaban J connectivity index is 1.61. The third-order valence-electron chi connectivity index (χ3n) is 3.40. The van der Waals surface area contributed by atoms with Gasteiger partial charge in [0.1, 0.15) is 0 Å². The van der Waals surface area contributed by atoms with Crippen molar-refractivity contribution in [2.24, 2.45) is 11.8 Å².